The van der Waals surface area contributed by atoms with Crippen molar-refractivity contribution in [2.24, 2.45) is 0 Å². The van der Waals surface area contributed by atoms with Gasteiger partial charge in [0.2, 0.25) is 5.91 Å². The van der Waals surface area contributed by atoms with Crippen LogP contribution in [-0.4, -0.2) is 39.3 Å². The van der Waals surface area contributed by atoms with E-state index in [-0.39, 0.29) is 12.3 Å². The Hall–Kier alpha value is -1.60. The Kier molecular flexibility index (Phi) is 7.18. The molecule has 0 bridgehead atoms. The molecule has 0 fully saturated rings. The number of alkyl halides is 3. The van der Waals surface area contributed by atoms with Crippen molar-refractivity contribution in [1.29, 1.82) is 0 Å². The van der Waals surface area contributed by atoms with Gasteiger partial charge in [-0.05, 0) is 17.7 Å². The number of methoxy groups -OCH3 is 1. The molecule has 0 aromatic heterocycles. The van der Waals surface area contributed by atoms with Crippen LogP contribution < -0.4 is 10.6 Å². The molecule has 1 amide bonds. The molecule has 21 heavy (non-hydrogen) atoms. The predicted octanol–water partition coefficient (Wildman–Crippen LogP) is 1.60. The standard InChI is InChI=1S/C14H19F3N2O2/c1-21-9-8-18-6-7-19-13(20)10-11-2-4-12(5-3-11)14(15,16)17/h2-5,18H,6-10H2,1H3,(H,19,20). The van der Waals surface area contributed by atoms with Crippen molar-refractivity contribution in [3.8, 4) is 0 Å². The SMILES string of the molecule is COCCNCCNC(=O)Cc1ccc(C(F)(F)F)cc1. The van der Waals surface area contributed by atoms with Gasteiger partial charge in [0.05, 0.1) is 18.6 Å². The van der Waals surface area contributed by atoms with Crippen LogP contribution in [0, 0.1) is 0 Å². The summed E-state index contributed by atoms with van der Waals surface area (Å²) in [6.45, 7) is 2.37. The van der Waals surface area contributed by atoms with E-state index in [1.54, 1.807) is 7.11 Å². The number of hydrogen-bond donors (Lipinski definition) is 2. The van der Waals surface area contributed by atoms with Gasteiger partial charge in [0.15, 0.2) is 0 Å². The topological polar surface area (TPSA) is 50.4 Å². The third-order valence-corrected chi connectivity index (χ3v) is 2.75. The zero-order valence-corrected chi connectivity index (χ0v) is 11.8. The lowest BCUT2D eigenvalue weighted by atomic mass is 10.1. The van der Waals surface area contributed by atoms with E-state index in [1.807, 2.05) is 0 Å². The summed E-state index contributed by atoms with van der Waals surface area (Å²) in [6, 6.07) is 4.60. The van der Waals surface area contributed by atoms with Crippen molar-refractivity contribution in [3.05, 3.63) is 35.4 Å². The number of carbonyl (C=O) groups excluding carboxylic acids is 1. The summed E-state index contributed by atoms with van der Waals surface area (Å²) in [4.78, 5) is 11.6. The quantitative estimate of drug-likeness (QED) is 0.717. The van der Waals surface area contributed by atoms with E-state index in [0.717, 1.165) is 12.1 Å². The second-order valence-corrected chi connectivity index (χ2v) is 4.46. The van der Waals surface area contributed by atoms with Crippen molar-refractivity contribution in [2.45, 2.75) is 12.6 Å². The van der Waals surface area contributed by atoms with Gasteiger partial charge in [-0.1, -0.05) is 12.1 Å². The highest BCUT2D eigenvalue weighted by Crippen LogP contribution is 2.29. The van der Waals surface area contributed by atoms with Crippen LogP contribution in [-0.2, 0) is 22.1 Å². The van der Waals surface area contributed by atoms with Gasteiger partial charge in [-0.15, -0.1) is 0 Å². The van der Waals surface area contributed by atoms with Gasteiger partial charge in [0.25, 0.3) is 0 Å². The molecule has 7 heteroatoms. The van der Waals surface area contributed by atoms with Crippen LogP contribution in [0.25, 0.3) is 0 Å². The van der Waals surface area contributed by atoms with Crippen molar-refractivity contribution in [1.82, 2.24) is 10.6 Å². The van der Waals surface area contributed by atoms with Crippen LogP contribution in [0.15, 0.2) is 24.3 Å². The first-order valence-corrected chi connectivity index (χ1v) is 6.56. The Bertz CT molecular complexity index is 433. The number of amides is 1. The average Bonchev–Trinajstić information content (AvgIpc) is 2.42. The molecule has 1 aromatic rings. The van der Waals surface area contributed by atoms with Gasteiger partial charge in [0.1, 0.15) is 0 Å². The molecule has 0 heterocycles. The molecule has 2 N–H and O–H groups in total. The molecule has 1 rings (SSSR count). The molecule has 0 radical (unpaired) electrons. The van der Waals surface area contributed by atoms with E-state index < -0.39 is 11.7 Å². The summed E-state index contributed by atoms with van der Waals surface area (Å²) in [7, 11) is 1.60. The molecule has 0 atom stereocenters. The third kappa shape index (κ3) is 7.10. The van der Waals surface area contributed by atoms with Crippen molar-refractivity contribution in [3.63, 3.8) is 0 Å². The monoisotopic (exact) mass is 304 g/mol. The fourth-order valence-corrected chi connectivity index (χ4v) is 1.65. The molecular weight excluding hydrogens is 285 g/mol. The van der Waals surface area contributed by atoms with E-state index in [9.17, 15) is 18.0 Å². The number of hydrogen-bond acceptors (Lipinski definition) is 3. The minimum atomic E-state index is -4.35. The van der Waals surface area contributed by atoms with Gasteiger partial charge in [-0.3, -0.25) is 4.79 Å². The first kappa shape index (κ1) is 17.5. The largest absolute Gasteiger partial charge is 0.416 e. The number of carbonyl (C=O) groups is 1. The molecular formula is C14H19F3N2O2. The number of benzene rings is 1. The molecule has 0 saturated carbocycles. The zero-order chi connectivity index (χ0) is 15.7. The molecule has 0 spiro atoms. The zero-order valence-electron chi connectivity index (χ0n) is 11.8. The molecule has 1 aromatic carbocycles. The van der Waals surface area contributed by atoms with Gasteiger partial charge in [-0.25, -0.2) is 0 Å². The summed E-state index contributed by atoms with van der Waals surface area (Å²) in [5.41, 5.74) is -0.165. The van der Waals surface area contributed by atoms with Crippen molar-refractivity contribution >= 4 is 5.91 Å². The Morgan fingerprint density at radius 3 is 2.38 bits per heavy atom. The predicted molar refractivity (Wildman–Crippen MR) is 72.9 cm³/mol. The van der Waals surface area contributed by atoms with E-state index in [4.69, 9.17) is 4.74 Å². The van der Waals surface area contributed by atoms with Crippen LogP contribution in [0.1, 0.15) is 11.1 Å². The van der Waals surface area contributed by atoms with Crippen LogP contribution in [0.4, 0.5) is 13.2 Å². The highest BCUT2D eigenvalue weighted by molar-refractivity contribution is 5.78. The lowest BCUT2D eigenvalue weighted by Crippen LogP contribution is -2.33. The molecule has 0 saturated heterocycles. The van der Waals surface area contributed by atoms with Crippen LogP contribution in [0.3, 0.4) is 0 Å². The number of rotatable bonds is 8. The van der Waals surface area contributed by atoms with Crippen molar-refractivity contribution < 1.29 is 22.7 Å². The van der Waals surface area contributed by atoms with E-state index in [2.05, 4.69) is 10.6 Å². The van der Waals surface area contributed by atoms with Crippen LogP contribution in [0.2, 0.25) is 0 Å². The number of halogens is 3. The second kappa shape index (κ2) is 8.63. The summed E-state index contributed by atoms with van der Waals surface area (Å²) >= 11 is 0. The maximum Gasteiger partial charge on any atom is 0.416 e. The smallest absolute Gasteiger partial charge is 0.383 e. The highest BCUT2D eigenvalue weighted by Gasteiger charge is 2.29. The second-order valence-electron chi connectivity index (χ2n) is 4.46. The summed E-state index contributed by atoms with van der Waals surface area (Å²) in [6.07, 6.45) is -4.29. The molecule has 118 valence electrons. The normalized spacial score (nSPS) is 11.4. The Morgan fingerprint density at radius 2 is 1.81 bits per heavy atom. The van der Waals surface area contributed by atoms with Gasteiger partial charge in [0, 0.05) is 26.7 Å². The number of ether oxygens (including phenoxy) is 1. The molecule has 0 aliphatic carbocycles. The fraction of sp³-hybridized carbons (Fsp3) is 0.500. The average molecular weight is 304 g/mol. The van der Waals surface area contributed by atoms with E-state index in [1.165, 1.54) is 12.1 Å². The Morgan fingerprint density at radius 1 is 1.14 bits per heavy atom. The van der Waals surface area contributed by atoms with Gasteiger partial charge >= 0.3 is 6.18 Å². The number of nitrogens with one attached hydrogen (secondary N) is 2. The summed E-state index contributed by atoms with van der Waals surface area (Å²) in [5, 5.41) is 5.75. The molecule has 0 unspecified atom stereocenters. The summed E-state index contributed by atoms with van der Waals surface area (Å²) in [5.74, 6) is -0.219. The lowest BCUT2D eigenvalue weighted by molar-refractivity contribution is -0.137. The maximum absolute atomic E-state index is 12.4. The highest BCUT2D eigenvalue weighted by atomic mass is 19.4. The Balaban J connectivity index is 2.28. The molecule has 0 aliphatic rings. The van der Waals surface area contributed by atoms with Crippen molar-refractivity contribution in [2.75, 3.05) is 33.4 Å². The van der Waals surface area contributed by atoms with Crippen LogP contribution >= 0.6 is 0 Å². The molecule has 0 aliphatic heterocycles. The Labute approximate surface area is 121 Å². The minimum absolute atomic E-state index is 0.0657. The van der Waals surface area contributed by atoms with E-state index >= 15 is 0 Å². The fourth-order valence-electron chi connectivity index (χ4n) is 1.65. The minimum Gasteiger partial charge on any atom is -0.383 e. The van der Waals surface area contributed by atoms with Gasteiger partial charge < -0.3 is 15.4 Å². The van der Waals surface area contributed by atoms with E-state index in [0.29, 0.717) is 31.8 Å². The van der Waals surface area contributed by atoms with Gasteiger partial charge in [-0.2, -0.15) is 13.2 Å². The van der Waals surface area contributed by atoms with Crippen LogP contribution in [0.5, 0.6) is 0 Å². The first-order chi connectivity index (χ1) is 9.93. The first-order valence-electron chi connectivity index (χ1n) is 6.56. The molecule has 4 nitrogen and oxygen atoms in total. The maximum atomic E-state index is 12.4. The third-order valence-electron chi connectivity index (χ3n) is 2.75. The summed E-state index contributed by atoms with van der Waals surface area (Å²) < 4.78 is 42.0. The lowest BCUT2D eigenvalue weighted by Gasteiger charge is -2.08.